The van der Waals surface area contributed by atoms with E-state index in [-0.39, 0.29) is 31.8 Å². The van der Waals surface area contributed by atoms with Gasteiger partial charge in [0.1, 0.15) is 23.5 Å². The first kappa shape index (κ1) is 32.1. The Morgan fingerprint density at radius 3 is 2.66 bits per heavy atom. The zero-order valence-electron chi connectivity index (χ0n) is 25.7. The van der Waals surface area contributed by atoms with Crippen molar-refractivity contribution in [2.45, 2.75) is 71.2 Å². The minimum atomic E-state index is -3.03. The van der Waals surface area contributed by atoms with Gasteiger partial charge in [0.15, 0.2) is 10.8 Å². The predicted octanol–water partition coefficient (Wildman–Crippen LogP) is 4.48. The fourth-order valence-electron chi connectivity index (χ4n) is 6.10. The molecule has 2 fully saturated rings. The van der Waals surface area contributed by atoms with Crippen LogP contribution in [0.3, 0.4) is 0 Å². The molecule has 0 radical (unpaired) electrons. The van der Waals surface area contributed by atoms with Crippen molar-refractivity contribution in [2.75, 3.05) is 32.8 Å². The zero-order chi connectivity index (χ0) is 32.0. The molecular formula is C31H38F3N5O4S. The van der Waals surface area contributed by atoms with E-state index >= 15 is 8.78 Å². The van der Waals surface area contributed by atoms with E-state index in [1.54, 1.807) is 75.1 Å². The SMILES string of the molecule is CCOC(=O)C1=C(CN2CC(F)(F)[C@H]3CN([C@@H](C)C(=O)OC(C)(C)C)C[C@H]32)NC(c2nccs2)=N[C@H]1c1cccc(F)c1C. The van der Waals surface area contributed by atoms with Crippen molar-refractivity contribution >= 4 is 29.1 Å². The first-order valence-corrected chi connectivity index (χ1v) is 15.6. The summed E-state index contributed by atoms with van der Waals surface area (Å²) < 4.78 is 56.8. The number of rotatable bonds is 8. The summed E-state index contributed by atoms with van der Waals surface area (Å²) in [5, 5.41) is 5.51. The number of halogens is 3. The average molecular weight is 634 g/mol. The Labute approximate surface area is 259 Å². The fourth-order valence-corrected chi connectivity index (χ4v) is 6.69. The molecule has 1 N–H and O–H groups in total. The number of aromatic nitrogens is 1. The van der Waals surface area contributed by atoms with E-state index < -0.39 is 59.9 Å². The Kier molecular flexibility index (Phi) is 8.94. The van der Waals surface area contributed by atoms with Crippen LogP contribution in [0.2, 0.25) is 0 Å². The number of alkyl halides is 2. The molecule has 4 heterocycles. The third kappa shape index (κ3) is 6.40. The smallest absolute Gasteiger partial charge is 0.338 e. The number of likely N-dealkylation sites (tertiary alicyclic amines) is 2. The van der Waals surface area contributed by atoms with Crippen molar-refractivity contribution in [2.24, 2.45) is 10.9 Å². The van der Waals surface area contributed by atoms with Gasteiger partial charge in [-0.25, -0.2) is 22.9 Å². The van der Waals surface area contributed by atoms with E-state index in [4.69, 9.17) is 14.5 Å². The highest BCUT2D eigenvalue weighted by Gasteiger charge is 2.59. The number of ether oxygens (including phenoxy) is 2. The van der Waals surface area contributed by atoms with Gasteiger partial charge in [-0.3, -0.25) is 19.6 Å². The molecule has 5 rings (SSSR count). The van der Waals surface area contributed by atoms with Crippen LogP contribution in [0.4, 0.5) is 13.2 Å². The van der Waals surface area contributed by atoms with Crippen LogP contribution in [-0.2, 0) is 19.1 Å². The van der Waals surface area contributed by atoms with Crippen molar-refractivity contribution in [1.82, 2.24) is 20.1 Å². The van der Waals surface area contributed by atoms with Gasteiger partial charge in [-0.1, -0.05) is 12.1 Å². The summed E-state index contributed by atoms with van der Waals surface area (Å²) in [4.78, 5) is 38.8. The van der Waals surface area contributed by atoms with Gasteiger partial charge in [-0.2, -0.15) is 0 Å². The summed E-state index contributed by atoms with van der Waals surface area (Å²) in [7, 11) is 0. The fraction of sp³-hybridized carbons (Fsp3) is 0.548. The molecule has 0 bridgehead atoms. The Balaban J connectivity index is 1.51. The molecule has 44 heavy (non-hydrogen) atoms. The maximum atomic E-state index is 15.5. The second-order valence-electron chi connectivity index (χ2n) is 12.4. The number of nitrogens with zero attached hydrogens (tertiary/aromatic N) is 4. The molecule has 0 aliphatic carbocycles. The van der Waals surface area contributed by atoms with Gasteiger partial charge < -0.3 is 14.8 Å². The van der Waals surface area contributed by atoms with Gasteiger partial charge in [0, 0.05) is 43.0 Å². The van der Waals surface area contributed by atoms with Gasteiger partial charge in [0.2, 0.25) is 0 Å². The van der Waals surface area contributed by atoms with Crippen LogP contribution >= 0.6 is 11.3 Å². The average Bonchev–Trinajstić information content (AvgIpc) is 3.68. The van der Waals surface area contributed by atoms with Crippen LogP contribution in [0.1, 0.15) is 56.8 Å². The second-order valence-corrected chi connectivity index (χ2v) is 13.3. The van der Waals surface area contributed by atoms with Gasteiger partial charge in [-0.15, -0.1) is 11.3 Å². The molecule has 0 saturated carbocycles. The third-order valence-electron chi connectivity index (χ3n) is 8.26. The number of hydrogen-bond donors (Lipinski definition) is 1. The van der Waals surface area contributed by atoms with Gasteiger partial charge in [-0.05, 0) is 58.7 Å². The molecule has 4 atom stereocenters. The summed E-state index contributed by atoms with van der Waals surface area (Å²) in [6, 6.07) is 2.32. The molecular weight excluding hydrogens is 595 g/mol. The first-order valence-electron chi connectivity index (χ1n) is 14.7. The lowest BCUT2D eigenvalue weighted by Gasteiger charge is -2.32. The van der Waals surface area contributed by atoms with Gasteiger partial charge >= 0.3 is 11.9 Å². The monoisotopic (exact) mass is 633 g/mol. The van der Waals surface area contributed by atoms with E-state index in [0.717, 1.165) is 0 Å². The molecule has 9 nitrogen and oxygen atoms in total. The van der Waals surface area contributed by atoms with Crippen LogP contribution in [0.25, 0.3) is 0 Å². The molecule has 238 valence electrons. The Morgan fingerprint density at radius 1 is 1.25 bits per heavy atom. The number of nitrogens with one attached hydrogen (secondary N) is 1. The summed E-state index contributed by atoms with van der Waals surface area (Å²) in [5.74, 6) is -5.28. The number of fused-ring (bicyclic) bond motifs is 1. The molecule has 13 heteroatoms. The van der Waals surface area contributed by atoms with E-state index in [1.807, 2.05) is 0 Å². The van der Waals surface area contributed by atoms with Gasteiger partial charge in [0.25, 0.3) is 5.92 Å². The van der Waals surface area contributed by atoms with Crippen LogP contribution in [0.15, 0.2) is 46.0 Å². The highest BCUT2D eigenvalue weighted by Crippen LogP contribution is 2.44. The number of hydrogen-bond acceptors (Lipinski definition) is 10. The molecule has 0 spiro atoms. The van der Waals surface area contributed by atoms with Crippen molar-refractivity contribution in [3.8, 4) is 0 Å². The van der Waals surface area contributed by atoms with Gasteiger partial charge in [0.05, 0.1) is 24.6 Å². The lowest BCUT2D eigenvalue weighted by molar-refractivity contribution is -0.160. The minimum absolute atomic E-state index is 0.0305. The number of amidine groups is 1. The maximum absolute atomic E-state index is 15.5. The summed E-state index contributed by atoms with van der Waals surface area (Å²) in [5.41, 5.74) is 0.548. The molecule has 2 saturated heterocycles. The Hall–Kier alpha value is -3.29. The molecule has 2 aromatic rings. The Bertz CT molecular complexity index is 1470. The normalized spacial score (nSPS) is 24.5. The molecule has 3 aliphatic rings. The molecule has 1 aromatic carbocycles. The lowest BCUT2D eigenvalue weighted by atomic mass is 9.92. The maximum Gasteiger partial charge on any atom is 0.338 e. The lowest BCUT2D eigenvalue weighted by Crippen LogP contribution is -2.46. The number of carbonyl (C=O) groups is 2. The minimum Gasteiger partial charge on any atom is -0.463 e. The summed E-state index contributed by atoms with van der Waals surface area (Å²) >= 11 is 1.32. The highest BCUT2D eigenvalue weighted by atomic mass is 32.1. The topological polar surface area (TPSA) is 96.4 Å². The van der Waals surface area contributed by atoms with E-state index in [1.165, 1.54) is 17.4 Å². The number of benzene rings is 1. The third-order valence-corrected chi connectivity index (χ3v) is 9.04. The number of carbonyl (C=O) groups excluding carboxylic acids is 2. The van der Waals surface area contributed by atoms with Crippen molar-refractivity contribution < 1.29 is 32.2 Å². The standard InChI is InChI=1S/C31H38F3N5O4S/c1-7-42-29(41)24-22(36-26(27-35-11-12-44-27)37-25(24)19-9-8-10-21(32)17(19)2)14-39-16-31(33,34)20-13-38(15-23(20)39)18(3)28(40)43-30(4,5)6/h8-12,18,20,23,25H,7,13-16H2,1-6H3,(H,36,37)/t18-,20-,23+,25-/m0/s1. The van der Waals surface area contributed by atoms with Crippen LogP contribution < -0.4 is 5.32 Å². The predicted molar refractivity (Wildman–Crippen MR) is 160 cm³/mol. The van der Waals surface area contributed by atoms with Crippen molar-refractivity contribution in [3.63, 3.8) is 0 Å². The van der Waals surface area contributed by atoms with E-state index in [0.29, 0.717) is 27.7 Å². The Morgan fingerprint density at radius 2 is 2.00 bits per heavy atom. The van der Waals surface area contributed by atoms with Crippen molar-refractivity contribution in [1.29, 1.82) is 0 Å². The first-order chi connectivity index (χ1) is 20.7. The van der Waals surface area contributed by atoms with E-state index in [9.17, 15) is 14.0 Å². The zero-order valence-corrected chi connectivity index (χ0v) is 26.5. The van der Waals surface area contributed by atoms with Crippen LogP contribution in [0, 0.1) is 18.7 Å². The molecule has 3 aliphatic heterocycles. The quantitative estimate of drug-likeness (QED) is 0.426. The number of thiazole rings is 1. The number of aliphatic imine (C=N–C) groups is 1. The summed E-state index contributed by atoms with van der Waals surface area (Å²) in [6.07, 6.45) is 1.61. The largest absolute Gasteiger partial charge is 0.463 e. The summed E-state index contributed by atoms with van der Waals surface area (Å²) in [6.45, 7) is 10.0. The molecule has 0 unspecified atom stereocenters. The number of esters is 2. The van der Waals surface area contributed by atoms with Crippen molar-refractivity contribution in [3.05, 3.63) is 63.0 Å². The van der Waals surface area contributed by atoms with Crippen LogP contribution in [0.5, 0.6) is 0 Å². The van der Waals surface area contributed by atoms with Crippen LogP contribution in [-0.4, -0.2) is 89.0 Å². The molecule has 0 amide bonds. The second kappa shape index (κ2) is 12.2. The highest BCUT2D eigenvalue weighted by molar-refractivity contribution is 7.11. The van der Waals surface area contributed by atoms with E-state index in [2.05, 4.69) is 10.3 Å². The molecule has 1 aromatic heterocycles.